The third-order valence-corrected chi connectivity index (χ3v) is 0.381. The molecule has 0 aromatic carbocycles. The van der Waals surface area contributed by atoms with Crippen LogP contribution in [-0.4, -0.2) is 0 Å². The molecule has 0 amide bonds. The summed E-state index contributed by atoms with van der Waals surface area (Å²) in [5.41, 5.74) is 5.73. The van der Waals surface area contributed by atoms with Gasteiger partial charge in [0.05, 0.1) is 0 Å². The van der Waals surface area contributed by atoms with Crippen molar-refractivity contribution in [2.75, 3.05) is 0 Å². The van der Waals surface area contributed by atoms with Crippen LogP contribution in [0.2, 0.25) is 0 Å². The molecule has 0 spiro atoms. The first kappa shape index (κ1) is 10.1. The van der Waals surface area contributed by atoms with E-state index in [4.69, 9.17) is 5.73 Å². The lowest BCUT2D eigenvalue weighted by Crippen LogP contribution is -1.86. The molecule has 2 N–H and O–H groups in total. The van der Waals surface area contributed by atoms with E-state index in [1.165, 1.54) is 0 Å². The van der Waals surface area contributed by atoms with Gasteiger partial charge in [-0.25, -0.2) is 0 Å². The summed E-state index contributed by atoms with van der Waals surface area (Å²) >= 11 is 0. The SMILES string of the molecule is C=C.C=C(N)/C=C\C. The Morgan fingerprint density at radius 3 is 1.88 bits per heavy atom. The van der Waals surface area contributed by atoms with Gasteiger partial charge in [-0.15, -0.1) is 13.2 Å². The van der Waals surface area contributed by atoms with Crippen molar-refractivity contribution in [3.05, 3.63) is 37.6 Å². The summed E-state index contributed by atoms with van der Waals surface area (Å²) in [5, 5.41) is 0. The van der Waals surface area contributed by atoms with Gasteiger partial charge in [-0.05, 0) is 13.0 Å². The highest BCUT2D eigenvalue weighted by molar-refractivity contribution is 5.07. The molecule has 1 nitrogen and oxygen atoms in total. The number of hydrogen-bond acceptors (Lipinski definition) is 1. The second-order valence-corrected chi connectivity index (χ2v) is 1.07. The van der Waals surface area contributed by atoms with Gasteiger partial charge < -0.3 is 5.73 Å². The number of hydrogen-bond donors (Lipinski definition) is 1. The minimum atomic E-state index is 0.609. The summed E-state index contributed by atoms with van der Waals surface area (Å²) in [4.78, 5) is 0. The molecule has 0 rings (SSSR count). The van der Waals surface area contributed by atoms with E-state index < -0.39 is 0 Å². The van der Waals surface area contributed by atoms with Gasteiger partial charge in [0, 0.05) is 5.70 Å². The molecular formula is C7H13N. The van der Waals surface area contributed by atoms with Crippen molar-refractivity contribution in [3.63, 3.8) is 0 Å². The Morgan fingerprint density at radius 2 is 1.88 bits per heavy atom. The molecule has 0 heterocycles. The molecule has 8 heavy (non-hydrogen) atoms. The Kier molecular flexibility index (Phi) is 11.8. The van der Waals surface area contributed by atoms with Crippen molar-refractivity contribution in [1.82, 2.24) is 0 Å². The van der Waals surface area contributed by atoms with Crippen LogP contribution >= 0.6 is 0 Å². The fourth-order valence-corrected chi connectivity index (χ4v) is 0.214. The van der Waals surface area contributed by atoms with Gasteiger partial charge in [0.1, 0.15) is 0 Å². The Bertz CT molecular complexity index is 82.4. The predicted octanol–water partition coefficient (Wildman–Crippen LogP) is 1.84. The maximum Gasteiger partial charge on any atom is 0.0237 e. The van der Waals surface area contributed by atoms with Crippen LogP contribution in [0.3, 0.4) is 0 Å². The third-order valence-electron chi connectivity index (χ3n) is 0.381. The first-order valence-electron chi connectivity index (χ1n) is 2.34. The van der Waals surface area contributed by atoms with Crippen LogP contribution in [0.15, 0.2) is 37.6 Å². The third kappa shape index (κ3) is 19.9. The highest BCUT2D eigenvalue weighted by Crippen LogP contribution is 1.75. The van der Waals surface area contributed by atoms with Gasteiger partial charge in [-0.2, -0.15) is 0 Å². The van der Waals surface area contributed by atoms with Crippen molar-refractivity contribution in [2.24, 2.45) is 5.73 Å². The molecule has 0 aliphatic carbocycles. The molecule has 0 aliphatic rings. The number of rotatable bonds is 1. The van der Waals surface area contributed by atoms with Gasteiger partial charge in [0.15, 0.2) is 0 Å². The monoisotopic (exact) mass is 111 g/mol. The predicted molar refractivity (Wildman–Crippen MR) is 39.4 cm³/mol. The maximum atomic E-state index is 5.12. The van der Waals surface area contributed by atoms with E-state index in [-0.39, 0.29) is 0 Å². The molecule has 0 bridgehead atoms. The van der Waals surface area contributed by atoms with E-state index >= 15 is 0 Å². The van der Waals surface area contributed by atoms with Crippen LogP contribution in [-0.2, 0) is 0 Å². The summed E-state index contributed by atoms with van der Waals surface area (Å²) in [6, 6.07) is 0. The van der Waals surface area contributed by atoms with Gasteiger partial charge in [-0.3, -0.25) is 0 Å². The number of nitrogens with two attached hydrogens (primary N) is 1. The average molecular weight is 111 g/mol. The lowest BCUT2D eigenvalue weighted by molar-refractivity contribution is 1.44. The smallest absolute Gasteiger partial charge is 0.0237 e. The zero-order chi connectivity index (χ0) is 6.99. The Morgan fingerprint density at radius 1 is 1.50 bits per heavy atom. The molecule has 0 aliphatic heterocycles. The van der Waals surface area contributed by atoms with Gasteiger partial charge in [0.2, 0.25) is 0 Å². The molecule has 0 radical (unpaired) electrons. The summed E-state index contributed by atoms with van der Waals surface area (Å²) in [5.74, 6) is 0. The van der Waals surface area contributed by atoms with E-state index in [0.29, 0.717) is 5.70 Å². The van der Waals surface area contributed by atoms with Crippen LogP contribution in [0.5, 0.6) is 0 Å². The minimum absolute atomic E-state index is 0.609. The first-order chi connectivity index (χ1) is 3.77. The first-order valence-corrected chi connectivity index (χ1v) is 2.34. The molecule has 0 atom stereocenters. The van der Waals surface area contributed by atoms with Crippen LogP contribution in [0.1, 0.15) is 6.92 Å². The topological polar surface area (TPSA) is 26.0 Å². The zero-order valence-electron chi connectivity index (χ0n) is 5.35. The normalized spacial score (nSPS) is 7.62. The van der Waals surface area contributed by atoms with E-state index in [0.717, 1.165) is 0 Å². The summed E-state index contributed by atoms with van der Waals surface area (Å²) in [6.07, 6.45) is 3.60. The summed E-state index contributed by atoms with van der Waals surface area (Å²) in [7, 11) is 0. The summed E-state index contributed by atoms with van der Waals surface area (Å²) in [6.45, 7) is 11.3. The lowest BCUT2D eigenvalue weighted by Gasteiger charge is -1.78. The largest absolute Gasteiger partial charge is 0.399 e. The van der Waals surface area contributed by atoms with Crippen molar-refractivity contribution in [1.29, 1.82) is 0 Å². The quantitative estimate of drug-likeness (QED) is 0.405. The second-order valence-electron chi connectivity index (χ2n) is 1.07. The number of allylic oxidation sites excluding steroid dienone is 2. The van der Waals surface area contributed by atoms with Crippen molar-refractivity contribution < 1.29 is 0 Å². The van der Waals surface area contributed by atoms with Gasteiger partial charge >= 0.3 is 0 Å². The maximum absolute atomic E-state index is 5.12. The zero-order valence-corrected chi connectivity index (χ0v) is 5.35. The summed E-state index contributed by atoms with van der Waals surface area (Å²) < 4.78 is 0. The molecule has 46 valence electrons. The molecule has 1 heteroatoms. The second kappa shape index (κ2) is 9.39. The van der Waals surface area contributed by atoms with Crippen LogP contribution < -0.4 is 5.73 Å². The highest BCUT2D eigenvalue weighted by Gasteiger charge is 1.63. The van der Waals surface area contributed by atoms with Crippen LogP contribution in [0.4, 0.5) is 0 Å². The molecule has 0 aromatic heterocycles. The van der Waals surface area contributed by atoms with E-state index in [9.17, 15) is 0 Å². The van der Waals surface area contributed by atoms with Crippen LogP contribution in [0, 0.1) is 0 Å². The molecule has 0 saturated heterocycles. The van der Waals surface area contributed by atoms with E-state index in [1.807, 2.05) is 13.0 Å². The van der Waals surface area contributed by atoms with Crippen LogP contribution in [0.25, 0.3) is 0 Å². The molecule has 0 fully saturated rings. The molecule has 0 unspecified atom stereocenters. The Hall–Kier alpha value is -0.980. The Balaban J connectivity index is 0. The van der Waals surface area contributed by atoms with E-state index in [2.05, 4.69) is 19.7 Å². The van der Waals surface area contributed by atoms with Gasteiger partial charge in [0.25, 0.3) is 0 Å². The average Bonchev–Trinajstić information content (AvgIpc) is 1.72. The molecule has 0 aromatic rings. The van der Waals surface area contributed by atoms with Crippen molar-refractivity contribution in [2.45, 2.75) is 6.92 Å². The standard InChI is InChI=1S/C5H9N.C2H4/c1-3-4-5(2)6;1-2/h3-4H,2,6H2,1H3;1-2H2/b4-3-;. The Labute approximate surface area is 51.2 Å². The fourth-order valence-electron chi connectivity index (χ4n) is 0.214. The minimum Gasteiger partial charge on any atom is -0.399 e. The molecule has 0 saturated carbocycles. The van der Waals surface area contributed by atoms with Crippen molar-refractivity contribution in [3.8, 4) is 0 Å². The van der Waals surface area contributed by atoms with E-state index in [1.54, 1.807) is 6.08 Å². The lowest BCUT2D eigenvalue weighted by atomic mass is 10.4. The van der Waals surface area contributed by atoms with Crippen molar-refractivity contribution >= 4 is 0 Å². The fraction of sp³-hybridized carbons (Fsp3) is 0.143. The molecular weight excluding hydrogens is 98.1 g/mol. The highest BCUT2D eigenvalue weighted by atomic mass is 14.5. The van der Waals surface area contributed by atoms with Gasteiger partial charge in [-0.1, -0.05) is 12.7 Å².